The van der Waals surface area contributed by atoms with Gasteiger partial charge in [-0.3, -0.25) is 0 Å². The van der Waals surface area contributed by atoms with Gasteiger partial charge in [-0.25, -0.2) is 0 Å². The lowest BCUT2D eigenvalue weighted by Gasteiger charge is -2.60. The summed E-state index contributed by atoms with van der Waals surface area (Å²) in [7, 11) is 0. The summed E-state index contributed by atoms with van der Waals surface area (Å²) in [5, 5.41) is 32.9. The second-order valence-electron chi connectivity index (χ2n) is 12.0. The van der Waals surface area contributed by atoms with Crippen molar-refractivity contribution in [1.82, 2.24) is 0 Å². The molecule has 0 aromatic rings. The Morgan fingerprint density at radius 3 is 2.57 bits per heavy atom. The van der Waals surface area contributed by atoms with Crippen LogP contribution in [0.2, 0.25) is 0 Å². The Kier molecular flexibility index (Phi) is 5.82. The SMILES string of the molecule is CC(C)=CCC[C@@H](C)[C@H]1CC[C@H]2C3=C(CC[C@]12C)[C@@]1(C)CC[C@H](O)C[C@]1(O)[C@@H](O)C3. The first-order chi connectivity index (χ1) is 14.0. The van der Waals surface area contributed by atoms with Gasteiger partial charge in [0.25, 0.3) is 0 Å². The molecule has 0 radical (unpaired) electrons. The molecule has 0 unspecified atom stereocenters. The molecule has 2 fully saturated rings. The maximum Gasteiger partial charge on any atom is 0.102 e. The Hall–Kier alpha value is -0.640. The van der Waals surface area contributed by atoms with Crippen LogP contribution in [-0.4, -0.2) is 33.1 Å². The summed E-state index contributed by atoms with van der Waals surface area (Å²) in [6.45, 7) is 11.5. The Morgan fingerprint density at radius 2 is 1.87 bits per heavy atom. The average Bonchev–Trinajstić information content (AvgIpc) is 3.01. The summed E-state index contributed by atoms with van der Waals surface area (Å²) in [5.74, 6) is 2.03. The molecule has 0 aliphatic heterocycles. The monoisotopic (exact) mass is 416 g/mol. The molecule has 4 aliphatic carbocycles. The van der Waals surface area contributed by atoms with Crippen molar-refractivity contribution < 1.29 is 15.3 Å². The smallest absolute Gasteiger partial charge is 0.102 e. The predicted molar refractivity (Wildman–Crippen MR) is 122 cm³/mol. The van der Waals surface area contributed by atoms with Crippen molar-refractivity contribution in [3.63, 3.8) is 0 Å². The zero-order valence-electron chi connectivity index (χ0n) is 19.9. The van der Waals surface area contributed by atoms with Crippen LogP contribution in [0.5, 0.6) is 0 Å². The van der Waals surface area contributed by atoms with Crippen LogP contribution < -0.4 is 0 Å². The molecule has 30 heavy (non-hydrogen) atoms. The average molecular weight is 417 g/mol. The molecule has 0 aromatic carbocycles. The van der Waals surface area contributed by atoms with Crippen LogP contribution in [0, 0.1) is 28.6 Å². The van der Waals surface area contributed by atoms with E-state index in [1.165, 1.54) is 48.8 Å². The minimum Gasteiger partial charge on any atom is -0.393 e. The van der Waals surface area contributed by atoms with Crippen molar-refractivity contribution in [3.05, 3.63) is 22.8 Å². The van der Waals surface area contributed by atoms with Crippen molar-refractivity contribution in [2.24, 2.45) is 28.6 Å². The summed E-state index contributed by atoms with van der Waals surface area (Å²) in [6.07, 6.45) is 10.8. The van der Waals surface area contributed by atoms with E-state index in [2.05, 4.69) is 40.7 Å². The van der Waals surface area contributed by atoms with Crippen LogP contribution in [0.1, 0.15) is 98.8 Å². The lowest BCUT2D eigenvalue weighted by molar-refractivity contribution is -0.191. The fourth-order valence-corrected chi connectivity index (χ4v) is 8.28. The fraction of sp³-hybridized carbons (Fsp3) is 0.852. The number of fused-ring (bicyclic) bond motifs is 4. The summed E-state index contributed by atoms with van der Waals surface area (Å²) >= 11 is 0. The molecule has 0 spiro atoms. The van der Waals surface area contributed by atoms with Gasteiger partial charge in [-0.2, -0.15) is 0 Å². The number of rotatable bonds is 4. The van der Waals surface area contributed by atoms with E-state index in [1.807, 2.05) is 0 Å². The van der Waals surface area contributed by atoms with Crippen LogP contribution in [-0.2, 0) is 0 Å². The number of hydrogen-bond acceptors (Lipinski definition) is 3. The van der Waals surface area contributed by atoms with Gasteiger partial charge in [-0.15, -0.1) is 0 Å². The van der Waals surface area contributed by atoms with Crippen molar-refractivity contribution in [3.8, 4) is 0 Å². The molecule has 0 amide bonds. The van der Waals surface area contributed by atoms with Gasteiger partial charge in [-0.1, -0.05) is 43.6 Å². The number of aliphatic hydroxyl groups excluding tert-OH is 2. The van der Waals surface area contributed by atoms with E-state index < -0.39 is 17.8 Å². The van der Waals surface area contributed by atoms with Crippen molar-refractivity contribution in [2.45, 2.75) is 117 Å². The van der Waals surface area contributed by atoms with E-state index in [0.717, 1.165) is 31.1 Å². The lowest BCUT2D eigenvalue weighted by atomic mass is 9.48. The Bertz CT molecular complexity index is 734. The third-order valence-corrected chi connectivity index (χ3v) is 10.1. The molecule has 2 saturated carbocycles. The molecule has 3 nitrogen and oxygen atoms in total. The van der Waals surface area contributed by atoms with Gasteiger partial charge < -0.3 is 15.3 Å². The third kappa shape index (κ3) is 3.26. The number of aliphatic hydroxyl groups is 3. The van der Waals surface area contributed by atoms with E-state index in [0.29, 0.717) is 24.2 Å². The van der Waals surface area contributed by atoms with Crippen molar-refractivity contribution in [1.29, 1.82) is 0 Å². The Labute approximate surface area is 183 Å². The maximum atomic E-state index is 11.6. The van der Waals surface area contributed by atoms with E-state index in [4.69, 9.17) is 0 Å². The third-order valence-electron chi connectivity index (χ3n) is 10.1. The molecule has 170 valence electrons. The van der Waals surface area contributed by atoms with Crippen molar-refractivity contribution in [2.75, 3.05) is 0 Å². The van der Waals surface area contributed by atoms with Gasteiger partial charge in [0.1, 0.15) is 5.60 Å². The first kappa shape index (κ1) is 22.6. The highest BCUT2D eigenvalue weighted by Crippen LogP contribution is 2.66. The quantitative estimate of drug-likeness (QED) is 0.527. The summed E-state index contributed by atoms with van der Waals surface area (Å²) in [6, 6.07) is 0. The maximum absolute atomic E-state index is 11.6. The number of hydrogen-bond donors (Lipinski definition) is 3. The van der Waals surface area contributed by atoms with Crippen molar-refractivity contribution >= 4 is 0 Å². The Balaban J connectivity index is 1.62. The summed E-state index contributed by atoms with van der Waals surface area (Å²) in [5.41, 5.74) is 3.12. The van der Waals surface area contributed by atoms with E-state index >= 15 is 0 Å². The van der Waals surface area contributed by atoms with Crippen LogP contribution in [0.15, 0.2) is 22.8 Å². The highest BCUT2D eigenvalue weighted by atomic mass is 16.3. The molecule has 4 rings (SSSR count). The van der Waals surface area contributed by atoms with E-state index in [1.54, 1.807) is 0 Å². The van der Waals surface area contributed by atoms with E-state index in [9.17, 15) is 15.3 Å². The normalized spacial score (nSPS) is 46.7. The van der Waals surface area contributed by atoms with Gasteiger partial charge in [0.05, 0.1) is 12.2 Å². The topological polar surface area (TPSA) is 60.7 Å². The van der Waals surface area contributed by atoms with Gasteiger partial charge >= 0.3 is 0 Å². The largest absolute Gasteiger partial charge is 0.393 e. The first-order valence-corrected chi connectivity index (χ1v) is 12.5. The van der Waals surface area contributed by atoms with Crippen LogP contribution in [0.4, 0.5) is 0 Å². The number of allylic oxidation sites excluding steroid dienone is 2. The van der Waals surface area contributed by atoms with Gasteiger partial charge in [0.2, 0.25) is 0 Å². The molecule has 3 heteroatoms. The lowest BCUT2D eigenvalue weighted by Crippen LogP contribution is -2.63. The van der Waals surface area contributed by atoms with E-state index in [-0.39, 0.29) is 5.41 Å². The predicted octanol–water partition coefficient (Wildman–Crippen LogP) is 5.54. The van der Waals surface area contributed by atoms with Crippen LogP contribution >= 0.6 is 0 Å². The second-order valence-corrected chi connectivity index (χ2v) is 12.0. The highest BCUT2D eigenvalue weighted by Gasteiger charge is 2.63. The molecule has 0 heterocycles. The second kappa shape index (κ2) is 7.74. The minimum atomic E-state index is -1.17. The molecule has 8 atom stereocenters. The zero-order chi connectivity index (χ0) is 21.9. The molecule has 0 bridgehead atoms. The van der Waals surface area contributed by atoms with Gasteiger partial charge in [0, 0.05) is 11.8 Å². The van der Waals surface area contributed by atoms with Crippen LogP contribution in [0.25, 0.3) is 0 Å². The highest BCUT2D eigenvalue weighted by molar-refractivity contribution is 5.38. The minimum absolute atomic E-state index is 0.313. The Morgan fingerprint density at radius 1 is 1.13 bits per heavy atom. The molecule has 0 saturated heterocycles. The standard InChI is InChI=1S/C27H44O3/c1-17(2)7-6-8-18(3)21-9-10-22-20-15-24(29)27(30)16-19(28)11-14-26(27,5)23(20)12-13-25(21,22)4/h7,18-19,21-22,24,28-30H,6,8-16H2,1-5H3/t18-,19+,21-,22+,24+,25-,26-,27+/m1/s1. The zero-order valence-corrected chi connectivity index (χ0v) is 19.9. The van der Waals surface area contributed by atoms with Gasteiger partial charge in [0.15, 0.2) is 0 Å². The fourth-order valence-electron chi connectivity index (χ4n) is 8.28. The van der Waals surface area contributed by atoms with Gasteiger partial charge in [-0.05, 0) is 94.8 Å². The summed E-state index contributed by atoms with van der Waals surface area (Å²) < 4.78 is 0. The molecule has 3 N–H and O–H groups in total. The molecule has 0 aromatic heterocycles. The van der Waals surface area contributed by atoms with Crippen LogP contribution in [0.3, 0.4) is 0 Å². The molecular weight excluding hydrogens is 372 g/mol. The molecular formula is C27H44O3. The summed E-state index contributed by atoms with van der Waals surface area (Å²) in [4.78, 5) is 0. The first-order valence-electron chi connectivity index (χ1n) is 12.5. The molecule has 4 aliphatic rings.